The minimum atomic E-state index is -0.487. The molecule has 0 bridgehead atoms. The van der Waals surface area contributed by atoms with Crippen LogP contribution in [-0.2, 0) is 11.3 Å². The topological polar surface area (TPSA) is 40.5 Å². The Morgan fingerprint density at radius 3 is 2.18 bits per heavy atom. The number of rotatable bonds is 4. The molecule has 1 heterocycles. The van der Waals surface area contributed by atoms with Gasteiger partial charge < -0.3 is 10.0 Å². The summed E-state index contributed by atoms with van der Waals surface area (Å²) in [5.41, 5.74) is 3.04. The molecule has 3 nitrogen and oxygen atoms in total. The maximum Gasteiger partial charge on any atom is 0.290 e. The van der Waals surface area contributed by atoms with E-state index in [2.05, 4.69) is 0 Å². The number of aliphatic hydroxyl groups is 1. The predicted octanol–water partition coefficient (Wildman–Crippen LogP) is 6.05. The quantitative estimate of drug-likeness (QED) is 0.569. The molecule has 0 radical (unpaired) electrons. The van der Waals surface area contributed by atoms with Crippen molar-refractivity contribution in [2.24, 2.45) is 0 Å². The summed E-state index contributed by atoms with van der Waals surface area (Å²) in [6.07, 6.45) is 0. The van der Waals surface area contributed by atoms with Gasteiger partial charge in [-0.05, 0) is 34.9 Å². The zero-order valence-electron chi connectivity index (χ0n) is 14.8. The molecule has 0 saturated carbocycles. The van der Waals surface area contributed by atoms with E-state index in [1.807, 2.05) is 60.7 Å². The van der Waals surface area contributed by atoms with Crippen molar-refractivity contribution in [3.63, 3.8) is 0 Å². The number of nitrogens with zero attached hydrogens (tertiary/aromatic N) is 1. The molecule has 3 aromatic carbocycles. The Morgan fingerprint density at radius 2 is 1.50 bits per heavy atom. The first-order chi connectivity index (χ1) is 13.6. The summed E-state index contributed by atoms with van der Waals surface area (Å²) in [4.78, 5) is 14.6. The van der Waals surface area contributed by atoms with Crippen LogP contribution >= 0.6 is 23.2 Å². The highest BCUT2D eigenvalue weighted by molar-refractivity contribution is 6.31. The summed E-state index contributed by atoms with van der Waals surface area (Å²) < 4.78 is 0. The van der Waals surface area contributed by atoms with Crippen molar-refractivity contribution in [3.05, 3.63) is 111 Å². The van der Waals surface area contributed by atoms with Crippen molar-refractivity contribution in [3.8, 4) is 0 Å². The Labute approximate surface area is 173 Å². The maximum atomic E-state index is 13.0. The van der Waals surface area contributed by atoms with Crippen molar-refractivity contribution in [1.82, 2.24) is 4.90 Å². The van der Waals surface area contributed by atoms with Gasteiger partial charge >= 0.3 is 0 Å². The van der Waals surface area contributed by atoms with Crippen LogP contribution < -0.4 is 0 Å². The number of carbonyl (C=O) groups is 1. The monoisotopic (exact) mass is 409 g/mol. The summed E-state index contributed by atoms with van der Waals surface area (Å²) in [7, 11) is 0. The normalized spacial score (nSPS) is 16.7. The Kier molecular flexibility index (Phi) is 5.12. The molecule has 0 spiro atoms. The first-order valence-corrected chi connectivity index (χ1v) is 9.60. The average Bonchev–Trinajstić information content (AvgIpc) is 2.95. The number of hydrogen-bond donors (Lipinski definition) is 1. The van der Waals surface area contributed by atoms with E-state index in [4.69, 9.17) is 23.2 Å². The maximum absolute atomic E-state index is 13.0. The fraction of sp³-hybridized carbons (Fsp3) is 0.0870. The first kappa shape index (κ1) is 18.6. The number of hydrogen-bond acceptors (Lipinski definition) is 2. The summed E-state index contributed by atoms with van der Waals surface area (Å²) in [6, 6.07) is 23.7. The fourth-order valence-corrected chi connectivity index (χ4v) is 3.90. The molecule has 0 aliphatic carbocycles. The van der Waals surface area contributed by atoms with Crippen LogP contribution in [0.15, 0.2) is 84.6 Å². The minimum Gasteiger partial charge on any atom is -0.503 e. The van der Waals surface area contributed by atoms with Gasteiger partial charge in [0.05, 0.1) is 6.04 Å². The molecule has 1 amide bonds. The Balaban J connectivity index is 1.83. The molecular weight excluding hydrogens is 393 g/mol. The van der Waals surface area contributed by atoms with Gasteiger partial charge in [0.15, 0.2) is 5.76 Å². The summed E-state index contributed by atoms with van der Waals surface area (Å²) in [5.74, 6) is -0.663. The van der Waals surface area contributed by atoms with Crippen molar-refractivity contribution in [2.45, 2.75) is 12.6 Å². The Hall–Kier alpha value is -2.75. The summed E-state index contributed by atoms with van der Waals surface area (Å²) >= 11 is 12.5. The van der Waals surface area contributed by atoms with Crippen LogP contribution in [0.2, 0.25) is 10.0 Å². The second-order valence-corrected chi connectivity index (χ2v) is 7.46. The van der Waals surface area contributed by atoms with Crippen LogP contribution in [0, 0.1) is 0 Å². The fourth-order valence-electron chi connectivity index (χ4n) is 3.54. The van der Waals surface area contributed by atoms with E-state index in [-0.39, 0.29) is 5.76 Å². The third-order valence-electron chi connectivity index (χ3n) is 4.85. The van der Waals surface area contributed by atoms with Gasteiger partial charge in [-0.15, -0.1) is 0 Å². The SMILES string of the molecule is O=C1C(O)=C(c2ccccc2)[C@@H](c2ccccc2Cl)N1Cc1ccc(Cl)cc1. The van der Waals surface area contributed by atoms with Crippen LogP contribution in [0.3, 0.4) is 0 Å². The van der Waals surface area contributed by atoms with Crippen molar-refractivity contribution >= 4 is 34.7 Å². The zero-order valence-corrected chi connectivity index (χ0v) is 16.4. The first-order valence-electron chi connectivity index (χ1n) is 8.84. The van der Waals surface area contributed by atoms with Crippen molar-refractivity contribution < 1.29 is 9.90 Å². The Morgan fingerprint density at radius 1 is 0.857 bits per heavy atom. The van der Waals surface area contributed by atoms with Gasteiger partial charge in [0.2, 0.25) is 0 Å². The molecule has 0 aromatic heterocycles. The number of amides is 1. The van der Waals surface area contributed by atoms with Gasteiger partial charge in [-0.3, -0.25) is 4.79 Å². The number of halogens is 2. The van der Waals surface area contributed by atoms with Gasteiger partial charge in [-0.25, -0.2) is 0 Å². The van der Waals surface area contributed by atoms with E-state index in [9.17, 15) is 9.90 Å². The lowest BCUT2D eigenvalue weighted by molar-refractivity contribution is -0.130. The van der Waals surface area contributed by atoms with Crippen LogP contribution in [0.25, 0.3) is 5.57 Å². The lowest BCUT2D eigenvalue weighted by Crippen LogP contribution is -2.30. The third kappa shape index (κ3) is 3.39. The molecule has 3 aromatic rings. The Bertz CT molecular complexity index is 1050. The molecule has 4 rings (SSSR count). The summed E-state index contributed by atoms with van der Waals surface area (Å²) in [6.45, 7) is 0.326. The van der Waals surface area contributed by atoms with E-state index >= 15 is 0 Å². The number of carbonyl (C=O) groups excluding carboxylic acids is 1. The van der Waals surface area contributed by atoms with Gasteiger partial charge in [-0.2, -0.15) is 0 Å². The third-order valence-corrected chi connectivity index (χ3v) is 5.45. The molecular formula is C23H17Cl2NO2. The lowest BCUT2D eigenvalue weighted by atomic mass is 9.93. The molecule has 1 N–H and O–H groups in total. The van der Waals surface area contributed by atoms with Crippen LogP contribution in [0.4, 0.5) is 0 Å². The minimum absolute atomic E-state index is 0.245. The smallest absolute Gasteiger partial charge is 0.290 e. The summed E-state index contributed by atoms with van der Waals surface area (Å²) in [5, 5.41) is 11.9. The van der Waals surface area contributed by atoms with Crippen molar-refractivity contribution in [1.29, 1.82) is 0 Å². The molecule has 1 aliphatic rings. The molecule has 0 saturated heterocycles. The number of aliphatic hydroxyl groups excluding tert-OH is 1. The van der Waals surface area contributed by atoms with Crippen molar-refractivity contribution in [2.75, 3.05) is 0 Å². The molecule has 5 heteroatoms. The average molecular weight is 410 g/mol. The van der Waals surface area contributed by atoms with Gasteiger partial charge in [-0.1, -0.05) is 83.9 Å². The zero-order chi connectivity index (χ0) is 19.7. The van der Waals surface area contributed by atoms with Gasteiger partial charge in [0, 0.05) is 22.2 Å². The second-order valence-electron chi connectivity index (χ2n) is 6.61. The van der Waals surface area contributed by atoms with E-state index in [1.165, 1.54) is 0 Å². The predicted molar refractivity (Wildman–Crippen MR) is 112 cm³/mol. The van der Waals surface area contributed by atoms with E-state index < -0.39 is 11.9 Å². The van der Waals surface area contributed by atoms with E-state index in [0.717, 1.165) is 16.7 Å². The molecule has 1 atom stereocenters. The molecule has 140 valence electrons. The molecule has 0 unspecified atom stereocenters. The highest BCUT2D eigenvalue weighted by atomic mass is 35.5. The van der Waals surface area contributed by atoms with Crippen LogP contribution in [0.1, 0.15) is 22.7 Å². The lowest BCUT2D eigenvalue weighted by Gasteiger charge is -2.28. The molecule has 0 fully saturated rings. The van der Waals surface area contributed by atoms with Crippen LogP contribution in [-0.4, -0.2) is 15.9 Å². The highest BCUT2D eigenvalue weighted by Crippen LogP contribution is 2.45. The van der Waals surface area contributed by atoms with E-state index in [0.29, 0.717) is 22.2 Å². The molecule has 1 aliphatic heterocycles. The second kappa shape index (κ2) is 7.70. The largest absolute Gasteiger partial charge is 0.503 e. The molecule has 28 heavy (non-hydrogen) atoms. The van der Waals surface area contributed by atoms with E-state index in [1.54, 1.807) is 23.1 Å². The number of benzene rings is 3. The van der Waals surface area contributed by atoms with Gasteiger partial charge in [0.25, 0.3) is 5.91 Å². The highest BCUT2D eigenvalue weighted by Gasteiger charge is 2.41. The van der Waals surface area contributed by atoms with Crippen LogP contribution in [0.5, 0.6) is 0 Å². The van der Waals surface area contributed by atoms with Gasteiger partial charge in [0.1, 0.15) is 0 Å². The standard InChI is InChI=1S/C23H17Cl2NO2/c24-17-12-10-15(11-13-17)14-26-21(18-8-4-5-9-19(18)25)20(22(27)23(26)28)16-6-2-1-3-7-16/h1-13,21,27H,14H2/t21-/m1/s1.